The topological polar surface area (TPSA) is 62.0 Å². The maximum atomic E-state index is 12.0. The first-order valence-corrected chi connectivity index (χ1v) is 5.88. The van der Waals surface area contributed by atoms with Gasteiger partial charge >= 0.3 is 0 Å². The molecule has 0 saturated heterocycles. The second-order valence-corrected chi connectivity index (χ2v) is 4.09. The lowest BCUT2D eigenvalue weighted by atomic mass is 10.1. The Labute approximate surface area is 111 Å². The van der Waals surface area contributed by atoms with Gasteiger partial charge in [-0.3, -0.25) is 9.59 Å². The summed E-state index contributed by atoms with van der Waals surface area (Å²) in [7, 11) is 0. The highest BCUT2D eigenvalue weighted by Crippen LogP contribution is 2.12. The number of rotatable bonds is 4. The van der Waals surface area contributed by atoms with Crippen LogP contribution in [-0.4, -0.2) is 16.7 Å². The minimum absolute atomic E-state index is 0.109. The van der Waals surface area contributed by atoms with Crippen LogP contribution in [0.5, 0.6) is 0 Å². The molecular formula is C15H14N2O2. The Morgan fingerprint density at radius 3 is 2.74 bits per heavy atom. The van der Waals surface area contributed by atoms with Gasteiger partial charge < -0.3 is 10.3 Å². The van der Waals surface area contributed by atoms with Crippen LogP contribution in [0.3, 0.4) is 0 Å². The molecule has 1 aromatic heterocycles. The second-order valence-electron chi connectivity index (χ2n) is 4.09. The molecule has 1 amide bonds. The number of aromatic amines is 1. The van der Waals surface area contributed by atoms with Crippen LogP contribution < -0.4 is 5.32 Å². The van der Waals surface area contributed by atoms with E-state index in [1.165, 1.54) is 13.0 Å². The minimum Gasteiger partial charge on any atom is -0.362 e. The number of H-pyrrole nitrogens is 1. The van der Waals surface area contributed by atoms with Gasteiger partial charge in [-0.05, 0) is 36.4 Å². The summed E-state index contributed by atoms with van der Waals surface area (Å²) in [5.74, 6) is -0.270. The Kier molecular flexibility index (Phi) is 3.93. The summed E-state index contributed by atoms with van der Waals surface area (Å²) < 4.78 is 0. The average Bonchev–Trinajstić information content (AvgIpc) is 2.88. The molecule has 2 rings (SSSR count). The SMILES string of the molecule is CC(=O)Nc1cccc(C(=O)C=Cc2ccc[nH]2)c1. The first-order chi connectivity index (χ1) is 9.15. The summed E-state index contributed by atoms with van der Waals surface area (Å²) in [6, 6.07) is 10.6. The molecule has 96 valence electrons. The third-order valence-corrected chi connectivity index (χ3v) is 2.50. The lowest BCUT2D eigenvalue weighted by molar-refractivity contribution is -0.114. The quantitative estimate of drug-likeness (QED) is 0.651. The number of carbonyl (C=O) groups is 2. The molecule has 0 unspecified atom stereocenters. The van der Waals surface area contributed by atoms with E-state index in [4.69, 9.17) is 0 Å². The monoisotopic (exact) mass is 254 g/mol. The van der Waals surface area contributed by atoms with Crippen molar-refractivity contribution in [1.82, 2.24) is 4.98 Å². The van der Waals surface area contributed by atoms with E-state index in [1.54, 1.807) is 36.5 Å². The van der Waals surface area contributed by atoms with Gasteiger partial charge in [-0.15, -0.1) is 0 Å². The number of hydrogen-bond acceptors (Lipinski definition) is 2. The molecule has 2 N–H and O–H groups in total. The van der Waals surface area contributed by atoms with Gasteiger partial charge in [0.25, 0.3) is 0 Å². The van der Waals surface area contributed by atoms with Crippen LogP contribution in [0.1, 0.15) is 23.0 Å². The van der Waals surface area contributed by atoms with Crippen LogP contribution in [-0.2, 0) is 4.79 Å². The standard InChI is InChI=1S/C15H14N2O2/c1-11(18)17-14-5-2-4-12(10-14)15(19)8-7-13-6-3-9-16-13/h2-10,16H,1H3,(H,17,18). The summed E-state index contributed by atoms with van der Waals surface area (Å²) in [5.41, 5.74) is 2.02. The number of carbonyl (C=O) groups excluding carboxylic acids is 2. The van der Waals surface area contributed by atoms with Crippen molar-refractivity contribution in [3.05, 3.63) is 59.9 Å². The van der Waals surface area contributed by atoms with Gasteiger partial charge in [0.15, 0.2) is 5.78 Å². The van der Waals surface area contributed by atoms with Crippen LogP contribution >= 0.6 is 0 Å². The van der Waals surface area contributed by atoms with E-state index in [-0.39, 0.29) is 11.7 Å². The number of aromatic nitrogens is 1. The van der Waals surface area contributed by atoms with E-state index in [0.717, 1.165) is 5.69 Å². The van der Waals surface area contributed by atoms with Crippen LogP contribution in [0, 0.1) is 0 Å². The number of hydrogen-bond donors (Lipinski definition) is 2. The fourth-order valence-corrected chi connectivity index (χ4v) is 1.66. The van der Waals surface area contributed by atoms with Crippen molar-refractivity contribution >= 4 is 23.5 Å². The van der Waals surface area contributed by atoms with Gasteiger partial charge in [0.1, 0.15) is 0 Å². The summed E-state index contributed by atoms with van der Waals surface area (Å²) in [5, 5.41) is 2.65. The number of anilines is 1. The normalized spacial score (nSPS) is 10.6. The lowest BCUT2D eigenvalue weighted by Gasteiger charge is -2.03. The molecule has 0 aliphatic carbocycles. The summed E-state index contributed by atoms with van der Waals surface area (Å²) in [4.78, 5) is 25.9. The van der Waals surface area contributed by atoms with E-state index in [0.29, 0.717) is 11.3 Å². The van der Waals surface area contributed by atoms with Crippen molar-refractivity contribution in [3.63, 3.8) is 0 Å². The molecule has 1 aromatic carbocycles. The highest BCUT2D eigenvalue weighted by Gasteiger charge is 2.03. The second kappa shape index (κ2) is 5.82. The third-order valence-electron chi connectivity index (χ3n) is 2.50. The largest absolute Gasteiger partial charge is 0.362 e. The van der Waals surface area contributed by atoms with Crippen molar-refractivity contribution in [3.8, 4) is 0 Å². The maximum Gasteiger partial charge on any atom is 0.221 e. The highest BCUT2D eigenvalue weighted by atomic mass is 16.1. The van der Waals surface area contributed by atoms with Gasteiger partial charge in [-0.25, -0.2) is 0 Å². The van der Waals surface area contributed by atoms with Crippen molar-refractivity contribution in [2.75, 3.05) is 5.32 Å². The zero-order valence-electron chi connectivity index (χ0n) is 10.5. The van der Waals surface area contributed by atoms with Crippen LogP contribution in [0.15, 0.2) is 48.7 Å². The Bertz CT molecular complexity index is 613. The fraction of sp³-hybridized carbons (Fsp3) is 0.0667. The minimum atomic E-state index is -0.161. The molecule has 0 saturated carbocycles. The predicted octanol–water partition coefficient (Wildman–Crippen LogP) is 2.87. The van der Waals surface area contributed by atoms with Gasteiger partial charge in [-0.1, -0.05) is 12.1 Å². The zero-order chi connectivity index (χ0) is 13.7. The molecule has 0 fully saturated rings. The van der Waals surface area contributed by atoms with Gasteiger partial charge in [0, 0.05) is 30.1 Å². The number of amides is 1. The first-order valence-electron chi connectivity index (χ1n) is 5.88. The van der Waals surface area contributed by atoms with Crippen molar-refractivity contribution in [1.29, 1.82) is 0 Å². The number of benzene rings is 1. The number of ketones is 1. The van der Waals surface area contributed by atoms with Gasteiger partial charge in [-0.2, -0.15) is 0 Å². The molecule has 0 atom stereocenters. The molecule has 19 heavy (non-hydrogen) atoms. The summed E-state index contributed by atoms with van der Waals surface area (Å²) >= 11 is 0. The molecule has 0 aliphatic heterocycles. The van der Waals surface area contributed by atoms with E-state index < -0.39 is 0 Å². The highest BCUT2D eigenvalue weighted by molar-refractivity contribution is 6.07. The third kappa shape index (κ3) is 3.67. The van der Waals surface area contributed by atoms with Gasteiger partial charge in [0.2, 0.25) is 5.91 Å². The molecule has 4 nitrogen and oxygen atoms in total. The smallest absolute Gasteiger partial charge is 0.221 e. The molecule has 0 spiro atoms. The first kappa shape index (κ1) is 12.8. The van der Waals surface area contributed by atoms with Crippen molar-refractivity contribution in [2.45, 2.75) is 6.92 Å². The molecule has 0 bridgehead atoms. The molecule has 1 heterocycles. The predicted molar refractivity (Wildman–Crippen MR) is 74.9 cm³/mol. The van der Waals surface area contributed by atoms with E-state index in [1.807, 2.05) is 12.1 Å². The molecule has 0 radical (unpaired) electrons. The number of nitrogens with one attached hydrogen (secondary N) is 2. The maximum absolute atomic E-state index is 12.0. The Morgan fingerprint density at radius 1 is 1.21 bits per heavy atom. The van der Waals surface area contributed by atoms with E-state index in [2.05, 4.69) is 10.3 Å². The van der Waals surface area contributed by atoms with Crippen LogP contribution in [0.25, 0.3) is 6.08 Å². The summed E-state index contributed by atoms with van der Waals surface area (Å²) in [6.45, 7) is 1.43. The zero-order valence-corrected chi connectivity index (χ0v) is 10.5. The lowest BCUT2D eigenvalue weighted by Crippen LogP contribution is -2.06. The Balaban J connectivity index is 2.13. The van der Waals surface area contributed by atoms with Crippen LogP contribution in [0.2, 0.25) is 0 Å². The van der Waals surface area contributed by atoms with E-state index in [9.17, 15) is 9.59 Å². The molecule has 0 aliphatic rings. The summed E-state index contributed by atoms with van der Waals surface area (Å²) in [6.07, 6.45) is 5.01. The average molecular weight is 254 g/mol. The van der Waals surface area contributed by atoms with E-state index >= 15 is 0 Å². The fourth-order valence-electron chi connectivity index (χ4n) is 1.66. The molecular weight excluding hydrogens is 240 g/mol. The molecule has 4 heteroatoms. The van der Waals surface area contributed by atoms with Gasteiger partial charge in [0.05, 0.1) is 0 Å². The molecule has 2 aromatic rings. The number of allylic oxidation sites excluding steroid dienone is 1. The Hall–Kier alpha value is -2.62. The van der Waals surface area contributed by atoms with Crippen molar-refractivity contribution < 1.29 is 9.59 Å². The Morgan fingerprint density at radius 2 is 2.05 bits per heavy atom. The van der Waals surface area contributed by atoms with Crippen LogP contribution in [0.4, 0.5) is 5.69 Å². The van der Waals surface area contributed by atoms with Crippen molar-refractivity contribution in [2.24, 2.45) is 0 Å².